The number of halogens is 2. The smallest absolute Gasteiger partial charge is 0.375 e. The van der Waals surface area contributed by atoms with E-state index in [-0.39, 0.29) is 38.5 Å². The zero-order valence-electron chi connectivity index (χ0n) is 26.5. The summed E-state index contributed by atoms with van der Waals surface area (Å²) in [5.41, 5.74) is 7.13. The number of Topliss-reactive ketones (excluding diaryl/α,β-unsaturated/α-hetero) is 1. The predicted molar refractivity (Wildman–Crippen MR) is 177 cm³/mol. The van der Waals surface area contributed by atoms with Crippen molar-refractivity contribution in [3.05, 3.63) is 68.6 Å². The normalized spacial score (nSPS) is 13.7. The highest BCUT2D eigenvalue weighted by Gasteiger charge is 2.29. The average molecular weight is 760 g/mol. The first-order valence-corrected chi connectivity index (χ1v) is 16.3. The van der Waals surface area contributed by atoms with Gasteiger partial charge in [0.1, 0.15) is 5.60 Å². The van der Waals surface area contributed by atoms with Gasteiger partial charge in [0.05, 0.1) is 13.2 Å². The minimum atomic E-state index is -1.35. The molecule has 2 aromatic rings. The quantitative estimate of drug-likeness (QED) is 0.130. The molecule has 0 unspecified atom stereocenters. The number of benzene rings is 2. The van der Waals surface area contributed by atoms with Crippen molar-refractivity contribution in [2.45, 2.75) is 90.6 Å². The van der Waals surface area contributed by atoms with Crippen LogP contribution >= 0.6 is 31.9 Å². The van der Waals surface area contributed by atoms with Gasteiger partial charge in [-0.3, -0.25) is 4.79 Å². The van der Waals surface area contributed by atoms with E-state index >= 15 is 0 Å². The number of rotatable bonds is 15. The van der Waals surface area contributed by atoms with Crippen LogP contribution in [0.15, 0.2) is 57.5 Å². The van der Waals surface area contributed by atoms with Crippen molar-refractivity contribution >= 4 is 55.6 Å². The predicted octanol–water partition coefficient (Wildman–Crippen LogP) is 4.86. The lowest BCUT2D eigenvalue weighted by atomic mass is 9.89. The van der Waals surface area contributed by atoms with E-state index in [2.05, 4.69) is 31.9 Å². The summed E-state index contributed by atoms with van der Waals surface area (Å²) in [6.45, 7) is 8.82. The molecule has 12 heteroatoms. The molecule has 0 aliphatic rings. The van der Waals surface area contributed by atoms with Crippen molar-refractivity contribution in [1.82, 2.24) is 0 Å². The first kappa shape index (κ1) is 40.4. The fourth-order valence-electron chi connectivity index (χ4n) is 4.15. The van der Waals surface area contributed by atoms with Gasteiger partial charge in [0, 0.05) is 21.4 Å². The van der Waals surface area contributed by atoms with E-state index in [1.165, 1.54) is 0 Å². The Morgan fingerprint density at radius 2 is 1.18 bits per heavy atom. The lowest BCUT2D eigenvalue weighted by Gasteiger charge is -2.21. The van der Waals surface area contributed by atoms with Crippen molar-refractivity contribution < 1.29 is 43.6 Å². The molecule has 4 atom stereocenters. The number of esters is 3. The second-order valence-electron chi connectivity index (χ2n) is 11.4. The lowest BCUT2D eigenvalue weighted by Crippen LogP contribution is -2.33. The Hall–Kier alpha value is -2.64. The minimum Gasteiger partial charge on any atom is -0.464 e. The highest BCUT2D eigenvalue weighted by molar-refractivity contribution is 9.10. The molecule has 45 heavy (non-hydrogen) atoms. The molecule has 250 valence electrons. The van der Waals surface area contributed by atoms with Crippen LogP contribution in [-0.4, -0.2) is 71.0 Å². The molecular formula is C33H45Br2NO9. The fourth-order valence-corrected chi connectivity index (χ4v) is 4.68. The molecule has 0 spiro atoms. The zero-order chi connectivity index (χ0) is 34.2. The van der Waals surface area contributed by atoms with Crippen LogP contribution in [0, 0.1) is 5.92 Å². The molecule has 0 aromatic heterocycles. The van der Waals surface area contributed by atoms with Gasteiger partial charge in [0.2, 0.25) is 5.78 Å². The van der Waals surface area contributed by atoms with Crippen molar-refractivity contribution in [1.29, 1.82) is 0 Å². The third kappa shape index (κ3) is 17.6. The van der Waals surface area contributed by atoms with Gasteiger partial charge in [-0.05, 0) is 102 Å². The van der Waals surface area contributed by atoms with E-state index in [9.17, 15) is 29.4 Å². The monoisotopic (exact) mass is 757 g/mol. The molecule has 0 radical (unpaired) electrons. The second-order valence-corrected chi connectivity index (χ2v) is 13.3. The molecule has 4 N–H and O–H groups in total. The Morgan fingerprint density at radius 1 is 0.756 bits per heavy atom. The summed E-state index contributed by atoms with van der Waals surface area (Å²) < 4.78 is 16.6. The molecule has 0 amide bonds. The van der Waals surface area contributed by atoms with E-state index in [1.54, 1.807) is 34.6 Å². The van der Waals surface area contributed by atoms with Crippen LogP contribution in [0.2, 0.25) is 0 Å². The second kappa shape index (κ2) is 20.5. The highest BCUT2D eigenvalue weighted by Crippen LogP contribution is 2.22. The van der Waals surface area contributed by atoms with Crippen LogP contribution in [0.4, 0.5) is 0 Å². The first-order chi connectivity index (χ1) is 21.0. The van der Waals surface area contributed by atoms with Crippen LogP contribution in [0.5, 0.6) is 0 Å². The molecule has 0 fully saturated rings. The number of hydrogen-bond donors (Lipinski definition) is 3. The minimum absolute atomic E-state index is 0.0173. The molecule has 0 saturated carbocycles. The number of ether oxygens (including phenoxy) is 3. The van der Waals surface area contributed by atoms with Gasteiger partial charge in [-0.15, -0.1) is 0 Å². The molecule has 0 bridgehead atoms. The van der Waals surface area contributed by atoms with E-state index < -0.39 is 47.4 Å². The maximum absolute atomic E-state index is 12.3. The van der Waals surface area contributed by atoms with Crippen molar-refractivity contribution in [2.24, 2.45) is 11.7 Å². The van der Waals surface area contributed by atoms with Crippen LogP contribution in [0.1, 0.15) is 65.0 Å². The summed E-state index contributed by atoms with van der Waals surface area (Å²) in [5, 5.41) is 19.6. The number of carbonyl (C=O) groups excluding carboxylic acids is 4. The summed E-state index contributed by atoms with van der Waals surface area (Å²) >= 11 is 6.71. The van der Waals surface area contributed by atoms with Gasteiger partial charge in [-0.1, -0.05) is 56.1 Å². The van der Waals surface area contributed by atoms with Gasteiger partial charge in [-0.25, -0.2) is 14.4 Å². The standard InChI is InChI=1S/C20H27BrO6.C13H18BrNO3/c1-5-26-18(24)16(22)11-14(10-13-6-8-15(21)9-7-13)12-17(23)19(25)27-20(2,3)4;1-2-18-13(17)12(16)8-11(15)7-9-3-5-10(14)6-4-9/h6-9,14,16,22H,5,10-12H2,1-4H3;3-6,11-12,16H,2,7-8,15H2,1H3/t14-,16-;11-,12-/m11/s1. The highest BCUT2D eigenvalue weighted by atomic mass is 79.9. The van der Waals surface area contributed by atoms with Crippen LogP contribution < -0.4 is 5.73 Å². The van der Waals surface area contributed by atoms with Crippen LogP contribution in [0.3, 0.4) is 0 Å². The first-order valence-electron chi connectivity index (χ1n) is 14.7. The molecule has 2 rings (SSSR count). The van der Waals surface area contributed by atoms with Gasteiger partial charge in [0.25, 0.3) is 0 Å². The Labute approximate surface area is 282 Å². The van der Waals surface area contributed by atoms with Crippen molar-refractivity contribution in [3.8, 4) is 0 Å². The molecule has 0 aliphatic carbocycles. The topological polar surface area (TPSA) is 162 Å². The Morgan fingerprint density at radius 3 is 1.60 bits per heavy atom. The molecule has 10 nitrogen and oxygen atoms in total. The van der Waals surface area contributed by atoms with E-state index in [0.29, 0.717) is 12.8 Å². The molecule has 0 aliphatic heterocycles. The Balaban J connectivity index is 0.000000487. The third-order valence-electron chi connectivity index (χ3n) is 6.15. The number of hydrogen-bond acceptors (Lipinski definition) is 10. The van der Waals surface area contributed by atoms with Gasteiger partial charge >= 0.3 is 17.9 Å². The number of nitrogens with two attached hydrogens (primary N) is 1. The zero-order valence-corrected chi connectivity index (χ0v) is 29.6. The summed E-state index contributed by atoms with van der Waals surface area (Å²) in [4.78, 5) is 47.2. The van der Waals surface area contributed by atoms with Crippen LogP contribution in [0.25, 0.3) is 0 Å². The maximum Gasteiger partial charge on any atom is 0.375 e. The number of aliphatic hydroxyl groups is 2. The summed E-state index contributed by atoms with van der Waals surface area (Å²) in [6.07, 6.45) is -1.35. The molecular weight excluding hydrogens is 714 g/mol. The van der Waals surface area contributed by atoms with Gasteiger partial charge in [0.15, 0.2) is 12.2 Å². The summed E-state index contributed by atoms with van der Waals surface area (Å²) in [5.74, 6) is -3.34. The summed E-state index contributed by atoms with van der Waals surface area (Å²) in [6, 6.07) is 15.0. The third-order valence-corrected chi connectivity index (χ3v) is 7.21. The van der Waals surface area contributed by atoms with Crippen molar-refractivity contribution in [3.63, 3.8) is 0 Å². The lowest BCUT2D eigenvalue weighted by molar-refractivity contribution is -0.163. The largest absolute Gasteiger partial charge is 0.464 e. The number of ketones is 1. The van der Waals surface area contributed by atoms with Crippen molar-refractivity contribution in [2.75, 3.05) is 13.2 Å². The molecule has 0 heterocycles. The average Bonchev–Trinajstić information content (AvgIpc) is 2.95. The summed E-state index contributed by atoms with van der Waals surface area (Å²) in [7, 11) is 0. The SMILES string of the molecule is CCOC(=O)[C@H](O)C[C@H](CC(=O)C(=O)OC(C)(C)C)Cc1ccc(Br)cc1.CCOC(=O)[C@H](O)C[C@H](N)Cc1ccc(Br)cc1. The van der Waals surface area contributed by atoms with E-state index in [4.69, 9.17) is 19.9 Å². The maximum atomic E-state index is 12.3. The Bertz CT molecular complexity index is 1210. The number of carbonyl (C=O) groups is 4. The van der Waals surface area contributed by atoms with Gasteiger partial charge < -0.3 is 30.2 Å². The number of aliphatic hydroxyl groups excluding tert-OH is 2. The molecule has 0 saturated heterocycles. The fraction of sp³-hybridized carbons (Fsp3) is 0.515. The van der Waals surface area contributed by atoms with E-state index in [1.807, 2.05) is 48.5 Å². The van der Waals surface area contributed by atoms with E-state index in [0.717, 1.165) is 20.1 Å². The van der Waals surface area contributed by atoms with Crippen LogP contribution in [-0.2, 0) is 46.2 Å². The van der Waals surface area contributed by atoms with Gasteiger partial charge in [-0.2, -0.15) is 0 Å². The Kier molecular flexibility index (Phi) is 18.4. The molecule has 2 aromatic carbocycles.